The molecule has 2 rings (SSSR count). The van der Waals surface area contributed by atoms with Crippen LogP contribution in [-0.4, -0.2) is 23.4 Å². The predicted octanol–water partition coefficient (Wildman–Crippen LogP) is 3.55. The van der Waals surface area contributed by atoms with Crippen molar-refractivity contribution in [1.82, 2.24) is 0 Å². The lowest BCUT2D eigenvalue weighted by Gasteiger charge is -2.19. The van der Waals surface area contributed by atoms with E-state index in [2.05, 4.69) is 0 Å². The van der Waals surface area contributed by atoms with Crippen LogP contribution in [0.25, 0.3) is 0 Å². The van der Waals surface area contributed by atoms with Crippen LogP contribution in [0.4, 0.5) is 0 Å². The van der Waals surface area contributed by atoms with Gasteiger partial charge in [-0.3, -0.25) is 4.79 Å². The first-order valence-electron chi connectivity index (χ1n) is 6.20. The second kappa shape index (κ2) is 6.10. The van der Waals surface area contributed by atoms with Gasteiger partial charge >= 0.3 is 0 Å². The van der Waals surface area contributed by atoms with Crippen molar-refractivity contribution in [1.29, 1.82) is 0 Å². The van der Waals surface area contributed by atoms with Crippen LogP contribution in [0.15, 0.2) is 24.3 Å². The number of rotatable bonds is 4. The molecule has 2 nitrogen and oxygen atoms in total. The second-order valence-corrected chi connectivity index (χ2v) is 5.49. The first-order valence-corrected chi connectivity index (χ1v) is 7.25. The molecule has 1 fully saturated rings. The fraction of sp³-hybridized carbons (Fsp3) is 0.500. The molecule has 1 heterocycles. The molecule has 0 aromatic heterocycles. The van der Waals surface area contributed by atoms with Gasteiger partial charge in [0.25, 0.3) is 0 Å². The minimum absolute atomic E-state index is 0.168. The lowest BCUT2D eigenvalue weighted by atomic mass is 10.0. The molecule has 1 atom stereocenters. The summed E-state index contributed by atoms with van der Waals surface area (Å²) < 4.78 is 5.37. The van der Waals surface area contributed by atoms with Gasteiger partial charge in [-0.25, -0.2) is 0 Å². The Hall–Kier alpha value is -0.960. The van der Waals surface area contributed by atoms with E-state index in [0.29, 0.717) is 6.61 Å². The minimum Gasteiger partial charge on any atom is -0.494 e. The summed E-state index contributed by atoms with van der Waals surface area (Å²) in [6.45, 7) is 2.61. The standard InChI is InChI=1S/C14H18O2S/c1-2-16-12-8-6-11(7-9-12)14(15)13-5-3-4-10-17-13/h6-9,13H,2-5,10H2,1H3. The molecule has 0 spiro atoms. The van der Waals surface area contributed by atoms with E-state index in [0.717, 1.165) is 23.5 Å². The van der Waals surface area contributed by atoms with Crippen LogP contribution in [0.3, 0.4) is 0 Å². The topological polar surface area (TPSA) is 26.3 Å². The van der Waals surface area contributed by atoms with Crippen LogP contribution in [0.2, 0.25) is 0 Å². The van der Waals surface area contributed by atoms with Crippen molar-refractivity contribution in [3.8, 4) is 5.75 Å². The van der Waals surface area contributed by atoms with Gasteiger partial charge in [-0.15, -0.1) is 0 Å². The van der Waals surface area contributed by atoms with E-state index < -0.39 is 0 Å². The number of thioether (sulfide) groups is 1. The normalized spacial score (nSPS) is 19.9. The number of ketones is 1. The van der Waals surface area contributed by atoms with Crippen LogP contribution < -0.4 is 4.74 Å². The Bertz CT molecular complexity index is 366. The number of carbonyl (C=O) groups excluding carboxylic acids is 1. The van der Waals surface area contributed by atoms with E-state index >= 15 is 0 Å². The summed E-state index contributed by atoms with van der Waals surface area (Å²) in [7, 11) is 0. The number of ether oxygens (including phenoxy) is 1. The maximum absolute atomic E-state index is 12.2. The fourth-order valence-electron chi connectivity index (χ4n) is 2.02. The third kappa shape index (κ3) is 3.25. The molecule has 1 saturated heterocycles. The van der Waals surface area contributed by atoms with E-state index in [1.165, 1.54) is 12.8 Å². The molecule has 1 unspecified atom stereocenters. The van der Waals surface area contributed by atoms with Gasteiger partial charge in [0.2, 0.25) is 0 Å². The van der Waals surface area contributed by atoms with Gasteiger partial charge in [-0.2, -0.15) is 11.8 Å². The number of hydrogen-bond acceptors (Lipinski definition) is 3. The Balaban J connectivity index is 2.03. The number of Topliss-reactive ketones (excluding diaryl/α,β-unsaturated/α-hetero) is 1. The Kier molecular flexibility index (Phi) is 4.49. The van der Waals surface area contributed by atoms with E-state index in [-0.39, 0.29) is 11.0 Å². The lowest BCUT2D eigenvalue weighted by Crippen LogP contribution is -2.20. The summed E-state index contributed by atoms with van der Waals surface area (Å²) in [4.78, 5) is 12.2. The molecule has 0 aliphatic carbocycles. The monoisotopic (exact) mass is 250 g/mol. The maximum Gasteiger partial charge on any atom is 0.175 e. The maximum atomic E-state index is 12.2. The Labute approximate surface area is 107 Å². The molecule has 1 aliphatic heterocycles. The van der Waals surface area contributed by atoms with Gasteiger partial charge in [-0.05, 0) is 49.8 Å². The van der Waals surface area contributed by atoms with Crippen molar-refractivity contribution in [2.75, 3.05) is 12.4 Å². The largest absolute Gasteiger partial charge is 0.494 e. The number of hydrogen-bond donors (Lipinski definition) is 0. The predicted molar refractivity (Wildman–Crippen MR) is 72.0 cm³/mol. The van der Waals surface area contributed by atoms with Crippen molar-refractivity contribution in [3.63, 3.8) is 0 Å². The number of carbonyl (C=O) groups is 1. The molecule has 0 amide bonds. The Morgan fingerprint density at radius 1 is 1.35 bits per heavy atom. The van der Waals surface area contributed by atoms with Crippen LogP contribution >= 0.6 is 11.8 Å². The number of benzene rings is 1. The molecule has 0 bridgehead atoms. The van der Waals surface area contributed by atoms with E-state index in [4.69, 9.17) is 4.74 Å². The summed E-state index contributed by atoms with van der Waals surface area (Å²) >= 11 is 1.80. The molecule has 1 aliphatic rings. The molecule has 92 valence electrons. The molecule has 0 radical (unpaired) electrons. The van der Waals surface area contributed by atoms with Crippen LogP contribution in [0, 0.1) is 0 Å². The highest BCUT2D eigenvalue weighted by atomic mass is 32.2. The van der Waals surface area contributed by atoms with Crippen molar-refractivity contribution >= 4 is 17.5 Å². The average Bonchev–Trinajstić information content (AvgIpc) is 2.40. The Morgan fingerprint density at radius 3 is 2.71 bits per heavy atom. The second-order valence-electron chi connectivity index (χ2n) is 4.18. The van der Waals surface area contributed by atoms with Crippen LogP contribution in [-0.2, 0) is 0 Å². The van der Waals surface area contributed by atoms with E-state index in [9.17, 15) is 4.79 Å². The third-order valence-corrected chi connectivity index (χ3v) is 4.30. The smallest absolute Gasteiger partial charge is 0.175 e. The zero-order valence-electron chi connectivity index (χ0n) is 10.1. The zero-order valence-corrected chi connectivity index (χ0v) is 11.0. The molecule has 0 N–H and O–H groups in total. The lowest BCUT2D eigenvalue weighted by molar-refractivity contribution is 0.0985. The van der Waals surface area contributed by atoms with Gasteiger partial charge in [0.05, 0.1) is 11.9 Å². The summed E-state index contributed by atoms with van der Waals surface area (Å²) in [5.74, 6) is 2.23. The van der Waals surface area contributed by atoms with Gasteiger partial charge in [0, 0.05) is 5.56 Å². The van der Waals surface area contributed by atoms with Gasteiger partial charge < -0.3 is 4.74 Å². The molecular formula is C14H18O2S. The first-order chi connectivity index (χ1) is 8.31. The molecule has 17 heavy (non-hydrogen) atoms. The molecule has 0 saturated carbocycles. The first kappa shape index (κ1) is 12.5. The minimum atomic E-state index is 0.168. The molecular weight excluding hydrogens is 232 g/mol. The summed E-state index contributed by atoms with van der Waals surface area (Å²) in [5, 5.41) is 0.168. The van der Waals surface area contributed by atoms with Gasteiger partial charge in [0.1, 0.15) is 5.75 Å². The van der Waals surface area contributed by atoms with Crippen molar-refractivity contribution in [2.24, 2.45) is 0 Å². The van der Waals surface area contributed by atoms with E-state index in [1.807, 2.05) is 31.2 Å². The highest BCUT2D eigenvalue weighted by molar-refractivity contribution is 8.00. The van der Waals surface area contributed by atoms with Crippen molar-refractivity contribution < 1.29 is 9.53 Å². The fourth-order valence-corrected chi connectivity index (χ4v) is 3.29. The van der Waals surface area contributed by atoms with Crippen LogP contribution in [0.5, 0.6) is 5.75 Å². The zero-order chi connectivity index (χ0) is 12.1. The SMILES string of the molecule is CCOc1ccc(C(=O)C2CCCCS2)cc1. The van der Waals surface area contributed by atoms with Gasteiger partial charge in [-0.1, -0.05) is 6.42 Å². The van der Waals surface area contributed by atoms with Crippen LogP contribution in [0.1, 0.15) is 36.5 Å². The van der Waals surface area contributed by atoms with Crippen molar-refractivity contribution in [3.05, 3.63) is 29.8 Å². The summed E-state index contributed by atoms with van der Waals surface area (Å²) in [6.07, 6.45) is 3.45. The highest BCUT2D eigenvalue weighted by Crippen LogP contribution is 2.28. The third-order valence-electron chi connectivity index (χ3n) is 2.92. The van der Waals surface area contributed by atoms with E-state index in [1.54, 1.807) is 11.8 Å². The molecule has 1 aromatic carbocycles. The average molecular weight is 250 g/mol. The quantitative estimate of drug-likeness (QED) is 0.764. The van der Waals surface area contributed by atoms with Crippen molar-refractivity contribution in [2.45, 2.75) is 31.4 Å². The highest BCUT2D eigenvalue weighted by Gasteiger charge is 2.22. The Morgan fingerprint density at radius 2 is 2.12 bits per heavy atom. The summed E-state index contributed by atoms with van der Waals surface area (Å²) in [5.41, 5.74) is 0.813. The summed E-state index contributed by atoms with van der Waals surface area (Å²) in [6, 6.07) is 7.51. The van der Waals surface area contributed by atoms with Gasteiger partial charge in [0.15, 0.2) is 5.78 Å². The molecule has 1 aromatic rings. The molecule has 3 heteroatoms.